The summed E-state index contributed by atoms with van der Waals surface area (Å²) < 4.78 is 17.0. The van der Waals surface area contributed by atoms with Crippen LogP contribution < -0.4 is 20.5 Å². The van der Waals surface area contributed by atoms with E-state index in [0.29, 0.717) is 28.8 Å². The predicted molar refractivity (Wildman–Crippen MR) is 147 cm³/mol. The van der Waals surface area contributed by atoms with Crippen molar-refractivity contribution in [2.45, 2.75) is 37.8 Å². The van der Waals surface area contributed by atoms with Crippen molar-refractivity contribution in [2.24, 2.45) is 5.73 Å². The molecular weight excluding hydrogens is 480 g/mol. The molecule has 194 valence electrons. The van der Waals surface area contributed by atoms with Crippen LogP contribution >= 0.6 is 0 Å². The van der Waals surface area contributed by atoms with E-state index in [1.165, 1.54) is 7.11 Å². The van der Waals surface area contributed by atoms with E-state index in [2.05, 4.69) is 11.4 Å². The number of para-hydroxylation sites is 1. The van der Waals surface area contributed by atoms with Crippen molar-refractivity contribution in [3.8, 4) is 17.2 Å². The summed E-state index contributed by atoms with van der Waals surface area (Å²) in [4.78, 5) is 24.7. The highest BCUT2D eigenvalue weighted by atomic mass is 16.5. The first-order valence-corrected chi connectivity index (χ1v) is 12.7. The normalized spacial score (nSPS) is 17.0. The third-order valence-electron chi connectivity index (χ3n) is 6.74. The summed E-state index contributed by atoms with van der Waals surface area (Å²) in [5.41, 5.74) is 7.11. The molecule has 1 aliphatic carbocycles. The molecule has 1 amide bonds. The number of carbonyl (C=O) groups excluding carboxylic acids is 2. The standard InChI is InChI=1S/C31H30N2O5/c1-36-31(35)28-4-2-3-5-29(28)33-30(34)20-6-12-24(13-7-20)37-26-14-8-22-19-27(15-9-21(22)18-26)38-25-16-10-23(32)11-17-25/h2-9,12-15,18-19,23,25H,10-11,16-17,32H2,1H3,(H,33,34)/t23-,25+. The minimum Gasteiger partial charge on any atom is -0.490 e. The lowest BCUT2D eigenvalue weighted by atomic mass is 9.94. The van der Waals surface area contributed by atoms with Crippen LogP contribution in [0.2, 0.25) is 0 Å². The number of esters is 1. The van der Waals surface area contributed by atoms with Crippen LogP contribution in [0.25, 0.3) is 10.8 Å². The van der Waals surface area contributed by atoms with Crippen LogP contribution in [0.3, 0.4) is 0 Å². The van der Waals surface area contributed by atoms with Crippen molar-refractivity contribution < 1.29 is 23.8 Å². The summed E-state index contributed by atoms with van der Waals surface area (Å²) in [5.74, 6) is 1.31. The van der Waals surface area contributed by atoms with Crippen molar-refractivity contribution in [3.05, 3.63) is 96.1 Å². The summed E-state index contributed by atoms with van der Waals surface area (Å²) in [6.45, 7) is 0. The molecule has 0 aliphatic heterocycles. The fraction of sp³-hybridized carbons (Fsp3) is 0.226. The van der Waals surface area contributed by atoms with Gasteiger partial charge in [0.25, 0.3) is 5.91 Å². The number of fused-ring (bicyclic) bond motifs is 1. The maximum Gasteiger partial charge on any atom is 0.339 e. The van der Waals surface area contributed by atoms with Gasteiger partial charge in [-0.1, -0.05) is 24.3 Å². The van der Waals surface area contributed by atoms with Gasteiger partial charge in [0.1, 0.15) is 17.2 Å². The molecule has 0 heterocycles. The van der Waals surface area contributed by atoms with Crippen molar-refractivity contribution in [2.75, 3.05) is 12.4 Å². The molecule has 1 fully saturated rings. The van der Waals surface area contributed by atoms with Gasteiger partial charge in [-0.2, -0.15) is 0 Å². The number of hydrogen-bond donors (Lipinski definition) is 2. The first-order valence-electron chi connectivity index (χ1n) is 12.7. The second-order valence-corrected chi connectivity index (χ2v) is 9.44. The quantitative estimate of drug-likeness (QED) is 0.282. The van der Waals surface area contributed by atoms with Gasteiger partial charge in [-0.3, -0.25) is 4.79 Å². The number of anilines is 1. The van der Waals surface area contributed by atoms with E-state index in [9.17, 15) is 9.59 Å². The second-order valence-electron chi connectivity index (χ2n) is 9.44. The van der Waals surface area contributed by atoms with Gasteiger partial charge in [0.15, 0.2) is 0 Å². The third kappa shape index (κ3) is 5.95. The number of nitrogens with one attached hydrogen (secondary N) is 1. The zero-order valence-corrected chi connectivity index (χ0v) is 21.2. The van der Waals surface area contributed by atoms with E-state index in [0.717, 1.165) is 42.2 Å². The molecule has 0 saturated heterocycles. The molecule has 4 aromatic rings. The predicted octanol–water partition coefficient (Wildman–Crippen LogP) is 6.32. The lowest BCUT2D eigenvalue weighted by molar-refractivity contribution is 0.0602. The largest absolute Gasteiger partial charge is 0.490 e. The van der Waals surface area contributed by atoms with E-state index in [1.54, 1.807) is 48.5 Å². The Hall–Kier alpha value is -4.36. The Kier molecular flexibility index (Phi) is 7.56. The maximum absolute atomic E-state index is 12.7. The van der Waals surface area contributed by atoms with E-state index in [-0.39, 0.29) is 17.6 Å². The van der Waals surface area contributed by atoms with Gasteiger partial charge in [0.05, 0.1) is 24.5 Å². The Morgan fingerprint density at radius 2 is 1.42 bits per heavy atom. The van der Waals surface area contributed by atoms with E-state index in [1.807, 2.05) is 30.3 Å². The fourth-order valence-corrected chi connectivity index (χ4v) is 4.62. The summed E-state index contributed by atoms with van der Waals surface area (Å²) >= 11 is 0. The molecule has 38 heavy (non-hydrogen) atoms. The average molecular weight is 511 g/mol. The smallest absolute Gasteiger partial charge is 0.339 e. The summed E-state index contributed by atoms with van der Waals surface area (Å²) in [5, 5.41) is 4.88. The van der Waals surface area contributed by atoms with Crippen molar-refractivity contribution >= 4 is 28.3 Å². The van der Waals surface area contributed by atoms with E-state index < -0.39 is 5.97 Å². The molecule has 0 spiro atoms. The Morgan fingerprint density at radius 1 is 0.789 bits per heavy atom. The van der Waals surface area contributed by atoms with Crippen molar-refractivity contribution in [1.29, 1.82) is 0 Å². The number of carbonyl (C=O) groups is 2. The zero-order valence-electron chi connectivity index (χ0n) is 21.2. The van der Waals surface area contributed by atoms with Gasteiger partial charge in [-0.15, -0.1) is 0 Å². The molecular formula is C31H30N2O5. The number of amides is 1. The number of methoxy groups -OCH3 is 1. The Labute approximate surface area is 221 Å². The molecule has 3 N–H and O–H groups in total. The molecule has 7 heteroatoms. The molecule has 5 rings (SSSR count). The Bertz CT molecular complexity index is 1440. The van der Waals surface area contributed by atoms with Gasteiger partial charge in [0.2, 0.25) is 0 Å². The molecule has 1 aliphatic rings. The molecule has 1 saturated carbocycles. The van der Waals surface area contributed by atoms with Crippen LogP contribution in [-0.2, 0) is 4.74 Å². The molecule has 0 bridgehead atoms. The number of ether oxygens (including phenoxy) is 3. The van der Waals surface area contributed by atoms with Gasteiger partial charge in [-0.25, -0.2) is 4.79 Å². The molecule has 0 radical (unpaired) electrons. The topological polar surface area (TPSA) is 99.9 Å². The number of benzene rings is 4. The van der Waals surface area contributed by atoms with Crippen LogP contribution in [-0.4, -0.2) is 31.1 Å². The van der Waals surface area contributed by atoms with E-state index in [4.69, 9.17) is 19.9 Å². The Morgan fingerprint density at radius 3 is 2.13 bits per heavy atom. The van der Waals surface area contributed by atoms with Crippen LogP contribution in [0.4, 0.5) is 5.69 Å². The maximum atomic E-state index is 12.7. The highest BCUT2D eigenvalue weighted by Gasteiger charge is 2.20. The van der Waals surface area contributed by atoms with Gasteiger partial charge in [0, 0.05) is 11.6 Å². The van der Waals surface area contributed by atoms with Crippen LogP contribution in [0.15, 0.2) is 84.9 Å². The minimum absolute atomic E-state index is 0.225. The first-order chi connectivity index (χ1) is 18.5. The monoisotopic (exact) mass is 510 g/mol. The molecule has 0 aromatic heterocycles. The summed E-state index contributed by atoms with van der Waals surface area (Å²) in [6, 6.07) is 25.8. The molecule has 7 nitrogen and oxygen atoms in total. The second kappa shape index (κ2) is 11.4. The van der Waals surface area contributed by atoms with Crippen LogP contribution in [0.5, 0.6) is 17.2 Å². The Balaban J connectivity index is 1.22. The van der Waals surface area contributed by atoms with Crippen molar-refractivity contribution in [1.82, 2.24) is 0 Å². The molecule has 4 aromatic carbocycles. The van der Waals surface area contributed by atoms with Gasteiger partial charge < -0.3 is 25.3 Å². The summed E-state index contributed by atoms with van der Waals surface area (Å²) in [7, 11) is 1.30. The average Bonchev–Trinajstić information content (AvgIpc) is 2.94. The number of hydrogen-bond acceptors (Lipinski definition) is 6. The fourth-order valence-electron chi connectivity index (χ4n) is 4.62. The SMILES string of the molecule is COC(=O)c1ccccc1NC(=O)c1ccc(Oc2ccc3cc(O[C@H]4CC[C@@H](N)CC4)ccc3c2)cc1. The van der Waals surface area contributed by atoms with Crippen molar-refractivity contribution in [3.63, 3.8) is 0 Å². The number of rotatable bonds is 7. The highest BCUT2D eigenvalue weighted by molar-refractivity contribution is 6.08. The zero-order chi connectivity index (χ0) is 26.5. The van der Waals surface area contributed by atoms with Gasteiger partial charge in [-0.05, 0) is 97.1 Å². The van der Waals surface area contributed by atoms with Gasteiger partial charge >= 0.3 is 5.97 Å². The summed E-state index contributed by atoms with van der Waals surface area (Å²) in [6.07, 6.45) is 4.23. The third-order valence-corrected chi connectivity index (χ3v) is 6.74. The minimum atomic E-state index is -0.516. The number of nitrogens with two attached hydrogens (primary N) is 1. The first kappa shape index (κ1) is 25.3. The molecule has 0 atom stereocenters. The lowest BCUT2D eigenvalue weighted by Crippen LogP contribution is -2.31. The molecule has 0 unspecified atom stereocenters. The van der Waals surface area contributed by atoms with E-state index >= 15 is 0 Å². The van der Waals surface area contributed by atoms with Crippen LogP contribution in [0.1, 0.15) is 46.4 Å². The highest BCUT2D eigenvalue weighted by Crippen LogP contribution is 2.30. The lowest BCUT2D eigenvalue weighted by Gasteiger charge is -2.26. The van der Waals surface area contributed by atoms with Crippen LogP contribution in [0, 0.1) is 0 Å².